The largest absolute Gasteiger partial charge is 0.385 e. The van der Waals surface area contributed by atoms with E-state index in [-0.39, 0.29) is 5.91 Å². The Bertz CT molecular complexity index is 241. The second kappa shape index (κ2) is 10.2. The van der Waals surface area contributed by atoms with Gasteiger partial charge in [-0.15, -0.1) is 0 Å². The van der Waals surface area contributed by atoms with E-state index in [1.165, 1.54) is 25.9 Å². The standard InChI is InChI=1S/C14H29N3O2/c1-3-17-8-5-13(6-9-17)11-15-12-14(18)16-7-4-10-19-2/h13,15H,3-12H2,1-2H3,(H,16,18). The van der Waals surface area contributed by atoms with Gasteiger partial charge in [-0.3, -0.25) is 4.79 Å². The first kappa shape index (κ1) is 16.4. The molecule has 0 aromatic heterocycles. The van der Waals surface area contributed by atoms with Gasteiger partial charge in [-0.25, -0.2) is 0 Å². The molecule has 0 aromatic rings. The number of nitrogens with one attached hydrogen (secondary N) is 2. The number of piperidine rings is 1. The van der Waals surface area contributed by atoms with Crippen LogP contribution in [0.2, 0.25) is 0 Å². The van der Waals surface area contributed by atoms with Crippen LogP contribution in [0.1, 0.15) is 26.2 Å². The van der Waals surface area contributed by atoms with Crippen LogP contribution in [0.25, 0.3) is 0 Å². The SMILES string of the molecule is CCN1CCC(CNCC(=O)NCCCOC)CC1. The lowest BCUT2D eigenvalue weighted by Crippen LogP contribution is -2.40. The van der Waals surface area contributed by atoms with Crippen molar-refractivity contribution in [2.45, 2.75) is 26.2 Å². The van der Waals surface area contributed by atoms with Crippen molar-refractivity contribution in [1.82, 2.24) is 15.5 Å². The zero-order valence-corrected chi connectivity index (χ0v) is 12.4. The molecule has 2 N–H and O–H groups in total. The number of ether oxygens (including phenoxy) is 1. The first-order chi connectivity index (χ1) is 9.26. The molecule has 0 aliphatic carbocycles. The summed E-state index contributed by atoms with van der Waals surface area (Å²) in [5.74, 6) is 0.811. The number of rotatable bonds is 9. The maximum Gasteiger partial charge on any atom is 0.233 e. The fraction of sp³-hybridized carbons (Fsp3) is 0.929. The molecule has 0 aromatic carbocycles. The second-order valence-electron chi connectivity index (χ2n) is 5.20. The molecule has 1 saturated heterocycles. The van der Waals surface area contributed by atoms with E-state index in [4.69, 9.17) is 4.74 Å². The van der Waals surface area contributed by atoms with E-state index in [1.807, 2.05) is 0 Å². The minimum absolute atomic E-state index is 0.0853. The van der Waals surface area contributed by atoms with Gasteiger partial charge in [0.05, 0.1) is 6.54 Å². The topological polar surface area (TPSA) is 53.6 Å². The fourth-order valence-corrected chi connectivity index (χ4v) is 2.40. The van der Waals surface area contributed by atoms with Crippen LogP contribution in [0, 0.1) is 5.92 Å². The summed E-state index contributed by atoms with van der Waals surface area (Å²) in [6.45, 7) is 8.56. The molecule has 112 valence electrons. The molecule has 0 atom stereocenters. The Morgan fingerprint density at radius 1 is 1.37 bits per heavy atom. The molecule has 1 aliphatic rings. The van der Waals surface area contributed by atoms with Gasteiger partial charge in [0.25, 0.3) is 0 Å². The third-order valence-corrected chi connectivity index (χ3v) is 3.72. The van der Waals surface area contributed by atoms with Crippen LogP contribution < -0.4 is 10.6 Å². The van der Waals surface area contributed by atoms with Crippen LogP contribution in [0.3, 0.4) is 0 Å². The fourth-order valence-electron chi connectivity index (χ4n) is 2.40. The predicted octanol–water partition coefficient (Wildman–Crippen LogP) is 0.461. The number of carbonyl (C=O) groups is 1. The summed E-state index contributed by atoms with van der Waals surface area (Å²) in [6, 6.07) is 0. The van der Waals surface area contributed by atoms with E-state index in [0.717, 1.165) is 25.4 Å². The van der Waals surface area contributed by atoms with Gasteiger partial charge in [0, 0.05) is 20.3 Å². The van der Waals surface area contributed by atoms with E-state index in [1.54, 1.807) is 7.11 Å². The Morgan fingerprint density at radius 3 is 2.74 bits per heavy atom. The highest BCUT2D eigenvalue weighted by atomic mass is 16.5. The average molecular weight is 271 g/mol. The summed E-state index contributed by atoms with van der Waals surface area (Å²) < 4.78 is 4.93. The monoisotopic (exact) mass is 271 g/mol. The van der Waals surface area contributed by atoms with E-state index in [2.05, 4.69) is 22.5 Å². The van der Waals surface area contributed by atoms with Crippen molar-refractivity contribution >= 4 is 5.91 Å². The summed E-state index contributed by atoms with van der Waals surface area (Å²) in [4.78, 5) is 14.0. The number of methoxy groups -OCH3 is 1. The van der Waals surface area contributed by atoms with E-state index < -0.39 is 0 Å². The Morgan fingerprint density at radius 2 is 2.11 bits per heavy atom. The third-order valence-electron chi connectivity index (χ3n) is 3.72. The number of hydrogen-bond donors (Lipinski definition) is 2. The molecule has 0 unspecified atom stereocenters. The van der Waals surface area contributed by atoms with Crippen molar-refractivity contribution in [2.75, 3.05) is 53.0 Å². The van der Waals surface area contributed by atoms with Crippen LogP contribution in [0.4, 0.5) is 0 Å². The average Bonchev–Trinajstić information content (AvgIpc) is 2.44. The minimum Gasteiger partial charge on any atom is -0.385 e. The summed E-state index contributed by atoms with van der Waals surface area (Å²) in [6.07, 6.45) is 3.37. The van der Waals surface area contributed by atoms with Crippen LogP contribution in [0.15, 0.2) is 0 Å². The molecule has 1 amide bonds. The number of likely N-dealkylation sites (tertiary alicyclic amines) is 1. The van der Waals surface area contributed by atoms with Gasteiger partial charge in [-0.2, -0.15) is 0 Å². The molecular formula is C14H29N3O2. The molecule has 1 heterocycles. The zero-order chi connectivity index (χ0) is 13.9. The molecule has 0 saturated carbocycles. The third kappa shape index (κ3) is 7.50. The van der Waals surface area contributed by atoms with Gasteiger partial charge in [-0.1, -0.05) is 6.92 Å². The molecule has 5 heteroatoms. The van der Waals surface area contributed by atoms with Gasteiger partial charge >= 0.3 is 0 Å². The Balaban J connectivity index is 1.96. The summed E-state index contributed by atoms with van der Waals surface area (Å²) in [5, 5.41) is 6.15. The van der Waals surface area contributed by atoms with E-state index >= 15 is 0 Å². The highest BCUT2D eigenvalue weighted by Gasteiger charge is 2.17. The molecule has 1 aliphatic heterocycles. The van der Waals surface area contributed by atoms with Crippen molar-refractivity contribution in [3.05, 3.63) is 0 Å². The smallest absolute Gasteiger partial charge is 0.233 e. The zero-order valence-electron chi connectivity index (χ0n) is 12.4. The normalized spacial score (nSPS) is 17.6. The van der Waals surface area contributed by atoms with Gasteiger partial charge in [0.15, 0.2) is 0 Å². The second-order valence-corrected chi connectivity index (χ2v) is 5.20. The Labute approximate surface area is 117 Å². The van der Waals surface area contributed by atoms with Crippen molar-refractivity contribution in [3.63, 3.8) is 0 Å². The highest BCUT2D eigenvalue weighted by molar-refractivity contribution is 5.77. The van der Waals surface area contributed by atoms with E-state index in [0.29, 0.717) is 19.7 Å². The highest BCUT2D eigenvalue weighted by Crippen LogP contribution is 2.15. The maximum atomic E-state index is 11.5. The van der Waals surface area contributed by atoms with Crippen LogP contribution >= 0.6 is 0 Å². The molecule has 5 nitrogen and oxygen atoms in total. The number of hydrogen-bond acceptors (Lipinski definition) is 4. The summed E-state index contributed by atoms with van der Waals surface area (Å²) >= 11 is 0. The minimum atomic E-state index is 0.0853. The molecule has 0 bridgehead atoms. The first-order valence-corrected chi connectivity index (χ1v) is 7.45. The summed E-state index contributed by atoms with van der Waals surface area (Å²) in [5.41, 5.74) is 0. The molecule has 0 radical (unpaired) electrons. The van der Waals surface area contributed by atoms with Crippen LogP contribution in [0.5, 0.6) is 0 Å². The van der Waals surface area contributed by atoms with E-state index in [9.17, 15) is 4.79 Å². The van der Waals surface area contributed by atoms with Crippen molar-refractivity contribution in [3.8, 4) is 0 Å². The molecule has 19 heavy (non-hydrogen) atoms. The molecule has 0 spiro atoms. The molecule has 1 rings (SSSR count). The number of carbonyl (C=O) groups excluding carboxylic acids is 1. The molecular weight excluding hydrogens is 242 g/mol. The number of nitrogens with zero attached hydrogens (tertiary/aromatic N) is 1. The lowest BCUT2D eigenvalue weighted by atomic mass is 9.97. The summed E-state index contributed by atoms with van der Waals surface area (Å²) in [7, 11) is 1.67. The number of amides is 1. The van der Waals surface area contributed by atoms with Crippen LogP contribution in [-0.2, 0) is 9.53 Å². The Kier molecular flexibility index (Phi) is 8.79. The first-order valence-electron chi connectivity index (χ1n) is 7.45. The van der Waals surface area contributed by atoms with Gasteiger partial charge < -0.3 is 20.3 Å². The van der Waals surface area contributed by atoms with Gasteiger partial charge in [0.2, 0.25) is 5.91 Å². The molecule has 1 fully saturated rings. The van der Waals surface area contributed by atoms with Gasteiger partial charge in [-0.05, 0) is 51.4 Å². The van der Waals surface area contributed by atoms with Crippen LogP contribution in [-0.4, -0.2) is 63.8 Å². The maximum absolute atomic E-state index is 11.5. The van der Waals surface area contributed by atoms with Crippen molar-refractivity contribution in [1.29, 1.82) is 0 Å². The predicted molar refractivity (Wildman–Crippen MR) is 77.2 cm³/mol. The lowest BCUT2D eigenvalue weighted by Gasteiger charge is -2.31. The van der Waals surface area contributed by atoms with Crippen molar-refractivity contribution in [2.24, 2.45) is 5.92 Å². The Hall–Kier alpha value is -0.650. The quantitative estimate of drug-likeness (QED) is 0.598. The van der Waals surface area contributed by atoms with Gasteiger partial charge in [0.1, 0.15) is 0 Å². The lowest BCUT2D eigenvalue weighted by molar-refractivity contribution is -0.120. The van der Waals surface area contributed by atoms with Crippen molar-refractivity contribution < 1.29 is 9.53 Å².